The second kappa shape index (κ2) is 9.20. The summed E-state index contributed by atoms with van der Waals surface area (Å²) < 4.78 is 0.918. The number of allylic oxidation sites excluding steroid dienone is 3. The average Bonchev–Trinajstić information content (AvgIpc) is 3.26. The van der Waals surface area contributed by atoms with E-state index in [1.165, 1.54) is 43.4 Å². The van der Waals surface area contributed by atoms with Crippen LogP contribution in [0.1, 0.15) is 70.3 Å². The summed E-state index contributed by atoms with van der Waals surface area (Å²) in [6.07, 6.45) is 7.40. The lowest BCUT2D eigenvalue weighted by atomic mass is 9.69. The maximum Gasteiger partial charge on any atom is 0.219 e. The van der Waals surface area contributed by atoms with E-state index in [4.69, 9.17) is 5.73 Å². The van der Waals surface area contributed by atoms with Crippen molar-refractivity contribution >= 4 is 34.0 Å². The number of thioether (sulfide) groups is 1. The van der Waals surface area contributed by atoms with Gasteiger partial charge in [-0.15, -0.1) is 10.2 Å². The van der Waals surface area contributed by atoms with E-state index in [0.717, 1.165) is 15.6 Å². The van der Waals surface area contributed by atoms with Crippen molar-refractivity contribution in [3.8, 4) is 6.07 Å². The molecule has 2 N–H and O–H groups in total. The molecule has 2 aliphatic carbocycles. The van der Waals surface area contributed by atoms with Crippen molar-refractivity contribution in [1.29, 1.82) is 5.26 Å². The topological polar surface area (TPSA) is 95.9 Å². The van der Waals surface area contributed by atoms with Gasteiger partial charge >= 0.3 is 0 Å². The van der Waals surface area contributed by atoms with Crippen LogP contribution in [0.5, 0.6) is 0 Å². The van der Waals surface area contributed by atoms with E-state index in [2.05, 4.69) is 30.1 Å². The van der Waals surface area contributed by atoms with Crippen molar-refractivity contribution in [3.63, 3.8) is 0 Å². The molecule has 2 aromatic rings. The highest BCUT2D eigenvalue weighted by Gasteiger charge is 2.45. The van der Waals surface area contributed by atoms with E-state index in [9.17, 15) is 10.1 Å². The van der Waals surface area contributed by atoms with Crippen LogP contribution in [0.2, 0.25) is 0 Å². The maximum absolute atomic E-state index is 13.5. The van der Waals surface area contributed by atoms with Crippen LogP contribution in [-0.4, -0.2) is 21.2 Å². The lowest BCUT2D eigenvalue weighted by Crippen LogP contribution is -2.42. The first kappa shape index (κ1) is 23.1. The number of nitrogens with two attached hydrogens (primary N) is 1. The van der Waals surface area contributed by atoms with Gasteiger partial charge in [-0.1, -0.05) is 86.5 Å². The molecule has 6 nitrogen and oxygen atoms in total. The fraction of sp³-hybridized carbons (Fsp3) is 0.462. The van der Waals surface area contributed by atoms with Crippen LogP contribution in [0, 0.1) is 16.7 Å². The standard InChI is InChI=1S/C26H29N5OS2/c1-26(2)13-19-22(20(32)14-26)21(16-9-5-3-6-10-16)18(15-27)23(28)31(19)24-29-30-25(34-24)33-17-11-7-4-8-12-17/h3,5-6,9-10,17,21H,4,7-8,11-14,28H2,1-2H3. The fourth-order valence-corrected chi connectivity index (χ4v) is 7.76. The molecule has 0 spiro atoms. The third kappa shape index (κ3) is 4.27. The zero-order valence-corrected chi connectivity index (χ0v) is 21.2. The predicted molar refractivity (Wildman–Crippen MR) is 136 cm³/mol. The molecule has 0 radical (unpaired) electrons. The Balaban J connectivity index is 1.60. The van der Waals surface area contributed by atoms with Crippen LogP contribution in [0.25, 0.3) is 0 Å². The molecular weight excluding hydrogens is 462 g/mol. The summed E-state index contributed by atoms with van der Waals surface area (Å²) in [6, 6.07) is 12.1. The molecule has 0 saturated heterocycles. The minimum absolute atomic E-state index is 0.0756. The van der Waals surface area contributed by atoms with Gasteiger partial charge in [0.05, 0.1) is 17.6 Å². The molecular formula is C26H29N5OS2. The Morgan fingerprint density at radius 3 is 2.59 bits per heavy atom. The number of anilines is 1. The van der Waals surface area contributed by atoms with Gasteiger partial charge in [0.25, 0.3) is 0 Å². The largest absolute Gasteiger partial charge is 0.384 e. The number of hydrogen-bond acceptors (Lipinski definition) is 8. The summed E-state index contributed by atoms with van der Waals surface area (Å²) in [5.74, 6) is -0.0253. The van der Waals surface area contributed by atoms with Gasteiger partial charge in [0, 0.05) is 22.9 Å². The van der Waals surface area contributed by atoms with Crippen LogP contribution in [0.4, 0.5) is 5.13 Å². The van der Waals surface area contributed by atoms with E-state index in [-0.39, 0.29) is 11.2 Å². The van der Waals surface area contributed by atoms with Gasteiger partial charge in [0.15, 0.2) is 10.1 Å². The summed E-state index contributed by atoms with van der Waals surface area (Å²) in [6.45, 7) is 4.21. The monoisotopic (exact) mass is 491 g/mol. The molecule has 34 heavy (non-hydrogen) atoms. The average molecular weight is 492 g/mol. The number of nitrogens with zero attached hydrogens (tertiary/aromatic N) is 4. The molecule has 0 bridgehead atoms. The molecule has 2 heterocycles. The Kier molecular flexibility index (Phi) is 6.26. The van der Waals surface area contributed by atoms with E-state index in [1.807, 2.05) is 35.2 Å². The minimum Gasteiger partial charge on any atom is -0.384 e. The first-order valence-electron chi connectivity index (χ1n) is 11.9. The number of rotatable bonds is 4. The molecule has 1 saturated carbocycles. The second-order valence-corrected chi connectivity index (χ2v) is 12.6. The number of benzene rings is 1. The summed E-state index contributed by atoms with van der Waals surface area (Å²) >= 11 is 3.30. The van der Waals surface area contributed by atoms with Crippen molar-refractivity contribution in [1.82, 2.24) is 10.2 Å². The van der Waals surface area contributed by atoms with Crippen LogP contribution in [0.15, 0.2) is 57.3 Å². The lowest BCUT2D eigenvalue weighted by Gasteiger charge is -2.42. The van der Waals surface area contributed by atoms with Crippen molar-refractivity contribution < 1.29 is 4.79 Å². The van der Waals surface area contributed by atoms with Gasteiger partial charge in [0.1, 0.15) is 5.82 Å². The second-order valence-electron chi connectivity index (χ2n) is 10.1. The van der Waals surface area contributed by atoms with Gasteiger partial charge in [-0.25, -0.2) is 0 Å². The predicted octanol–water partition coefficient (Wildman–Crippen LogP) is 5.90. The smallest absolute Gasteiger partial charge is 0.219 e. The maximum atomic E-state index is 13.5. The number of aromatic nitrogens is 2. The summed E-state index contributed by atoms with van der Waals surface area (Å²) in [5.41, 5.74) is 9.33. The van der Waals surface area contributed by atoms with Crippen molar-refractivity contribution in [2.75, 3.05) is 4.90 Å². The Labute approximate surface area is 208 Å². The molecule has 3 aliphatic rings. The number of nitriles is 1. The quantitative estimate of drug-likeness (QED) is 0.568. The lowest BCUT2D eigenvalue weighted by molar-refractivity contribution is -0.118. The van der Waals surface area contributed by atoms with Crippen LogP contribution in [0.3, 0.4) is 0 Å². The fourth-order valence-electron chi connectivity index (χ4n) is 5.37. The molecule has 8 heteroatoms. The number of Topliss-reactive ketones (excluding diaryl/α,β-unsaturated/α-hetero) is 1. The molecule has 1 fully saturated rings. The van der Waals surface area contributed by atoms with Crippen LogP contribution >= 0.6 is 23.1 Å². The zero-order valence-electron chi connectivity index (χ0n) is 19.6. The third-order valence-corrected chi connectivity index (χ3v) is 9.25. The van der Waals surface area contributed by atoms with E-state index in [0.29, 0.717) is 40.2 Å². The first-order valence-corrected chi connectivity index (χ1v) is 13.6. The number of hydrogen-bond donors (Lipinski definition) is 1. The highest BCUT2D eigenvalue weighted by molar-refractivity contribution is 8.01. The van der Waals surface area contributed by atoms with E-state index >= 15 is 0 Å². The van der Waals surface area contributed by atoms with Gasteiger partial charge in [0.2, 0.25) is 5.13 Å². The highest BCUT2D eigenvalue weighted by atomic mass is 32.2. The molecule has 1 atom stereocenters. The SMILES string of the molecule is CC1(C)CC(=O)C2=C(C1)N(c1nnc(SC3CCCCC3)s1)C(N)=C(C#N)C2c1ccccc1. The van der Waals surface area contributed by atoms with Gasteiger partial charge in [-0.05, 0) is 30.2 Å². The van der Waals surface area contributed by atoms with Crippen LogP contribution < -0.4 is 10.6 Å². The minimum atomic E-state index is -0.454. The first-order chi connectivity index (χ1) is 16.4. The number of ketones is 1. The van der Waals surface area contributed by atoms with Gasteiger partial charge in [-0.2, -0.15) is 5.26 Å². The van der Waals surface area contributed by atoms with E-state index in [1.54, 1.807) is 11.8 Å². The zero-order chi connectivity index (χ0) is 23.9. The molecule has 1 aliphatic heterocycles. The van der Waals surface area contributed by atoms with Crippen molar-refractivity contribution in [2.45, 2.75) is 74.3 Å². The van der Waals surface area contributed by atoms with E-state index < -0.39 is 5.92 Å². The molecule has 0 amide bonds. The van der Waals surface area contributed by atoms with Gasteiger partial charge in [-0.3, -0.25) is 9.69 Å². The Bertz CT molecular complexity index is 1200. The molecule has 1 aromatic carbocycles. The Hall–Kier alpha value is -2.63. The van der Waals surface area contributed by atoms with Gasteiger partial charge < -0.3 is 5.73 Å². The highest BCUT2D eigenvalue weighted by Crippen LogP contribution is 2.51. The Morgan fingerprint density at radius 2 is 1.88 bits per heavy atom. The normalized spacial score (nSPS) is 23.1. The molecule has 1 aromatic heterocycles. The van der Waals surface area contributed by atoms with Crippen LogP contribution in [-0.2, 0) is 4.79 Å². The summed E-state index contributed by atoms with van der Waals surface area (Å²) in [5, 5.41) is 20.3. The Morgan fingerprint density at radius 1 is 1.15 bits per heavy atom. The summed E-state index contributed by atoms with van der Waals surface area (Å²) in [4.78, 5) is 15.4. The molecule has 5 rings (SSSR count). The summed E-state index contributed by atoms with van der Waals surface area (Å²) in [7, 11) is 0. The number of carbonyl (C=O) groups is 1. The van der Waals surface area contributed by atoms with Crippen molar-refractivity contribution in [3.05, 3.63) is 58.6 Å². The molecule has 1 unspecified atom stereocenters. The molecule has 176 valence electrons. The van der Waals surface area contributed by atoms with Crippen molar-refractivity contribution in [2.24, 2.45) is 11.1 Å². The third-order valence-electron chi connectivity index (χ3n) is 6.92. The number of carbonyl (C=O) groups excluding carboxylic acids is 1.